The Hall–Kier alpha value is -2.44. The first-order valence-electron chi connectivity index (χ1n) is 8.27. The van der Waals surface area contributed by atoms with Crippen molar-refractivity contribution in [2.45, 2.75) is 25.7 Å². The molecule has 0 unspecified atom stereocenters. The summed E-state index contributed by atoms with van der Waals surface area (Å²) in [6, 6.07) is 12.6. The van der Waals surface area contributed by atoms with Gasteiger partial charge in [0.2, 0.25) is 0 Å². The van der Waals surface area contributed by atoms with E-state index in [1.54, 1.807) is 0 Å². The van der Waals surface area contributed by atoms with Crippen molar-refractivity contribution in [3.05, 3.63) is 70.0 Å². The SMILES string of the molecule is N#Cc1ccc2c(c1)CCc1cccnc1C2=C1CCNCC1. The Morgan fingerprint density at radius 1 is 1.00 bits per heavy atom. The molecule has 1 N–H and O–H groups in total. The Kier molecular flexibility index (Phi) is 3.69. The number of aromatic nitrogens is 1. The lowest BCUT2D eigenvalue weighted by Gasteiger charge is -2.21. The third-order valence-corrected chi connectivity index (χ3v) is 4.86. The van der Waals surface area contributed by atoms with Crippen LogP contribution in [0.2, 0.25) is 0 Å². The maximum Gasteiger partial charge on any atom is 0.0991 e. The van der Waals surface area contributed by atoms with E-state index in [-0.39, 0.29) is 0 Å². The standard InChI is InChI=1S/C20H19N3/c21-13-14-3-6-18-17(12-14)5-4-16-2-1-9-23-20(16)19(18)15-7-10-22-11-8-15/h1-3,6,9,12,22H,4-5,7-8,10-11H2. The van der Waals surface area contributed by atoms with Crippen molar-refractivity contribution in [2.24, 2.45) is 0 Å². The van der Waals surface area contributed by atoms with Crippen LogP contribution in [0.15, 0.2) is 42.1 Å². The number of aryl methyl sites for hydroxylation is 2. The summed E-state index contributed by atoms with van der Waals surface area (Å²) in [4.78, 5) is 4.73. The number of rotatable bonds is 0. The normalized spacial score (nSPS) is 17.0. The zero-order valence-corrected chi connectivity index (χ0v) is 13.1. The molecule has 3 nitrogen and oxygen atoms in total. The lowest BCUT2D eigenvalue weighted by Crippen LogP contribution is -2.24. The van der Waals surface area contributed by atoms with E-state index >= 15 is 0 Å². The van der Waals surface area contributed by atoms with Gasteiger partial charge in [-0.1, -0.05) is 17.7 Å². The van der Waals surface area contributed by atoms with Gasteiger partial charge in [-0.3, -0.25) is 4.98 Å². The summed E-state index contributed by atoms with van der Waals surface area (Å²) >= 11 is 0. The number of nitriles is 1. The molecule has 0 spiro atoms. The molecule has 1 fully saturated rings. The zero-order chi connectivity index (χ0) is 15.6. The smallest absolute Gasteiger partial charge is 0.0991 e. The third kappa shape index (κ3) is 2.56. The van der Waals surface area contributed by atoms with Gasteiger partial charge in [0.25, 0.3) is 0 Å². The van der Waals surface area contributed by atoms with Crippen LogP contribution in [0.1, 0.15) is 40.8 Å². The molecule has 114 valence electrons. The summed E-state index contributed by atoms with van der Waals surface area (Å²) in [6.45, 7) is 2.07. The van der Waals surface area contributed by atoms with Gasteiger partial charge >= 0.3 is 0 Å². The predicted molar refractivity (Wildman–Crippen MR) is 90.9 cm³/mol. The van der Waals surface area contributed by atoms with E-state index in [1.807, 2.05) is 18.3 Å². The second-order valence-electron chi connectivity index (χ2n) is 6.22. The number of piperidine rings is 1. The molecule has 4 rings (SSSR count). The Morgan fingerprint density at radius 3 is 2.65 bits per heavy atom. The average molecular weight is 301 g/mol. The summed E-state index contributed by atoms with van der Waals surface area (Å²) < 4.78 is 0. The van der Waals surface area contributed by atoms with Crippen molar-refractivity contribution in [1.29, 1.82) is 5.26 Å². The summed E-state index contributed by atoms with van der Waals surface area (Å²) in [5, 5.41) is 12.7. The highest BCUT2D eigenvalue weighted by Gasteiger charge is 2.23. The minimum Gasteiger partial charge on any atom is -0.316 e. The van der Waals surface area contributed by atoms with Gasteiger partial charge in [0, 0.05) is 11.8 Å². The fraction of sp³-hybridized carbons (Fsp3) is 0.300. The summed E-state index contributed by atoms with van der Waals surface area (Å²) in [7, 11) is 0. The number of pyridine rings is 1. The van der Waals surface area contributed by atoms with Crippen LogP contribution in [0, 0.1) is 11.3 Å². The molecule has 2 aliphatic rings. The van der Waals surface area contributed by atoms with Gasteiger partial charge in [-0.2, -0.15) is 5.26 Å². The monoisotopic (exact) mass is 301 g/mol. The van der Waals surface area contributed by atoms with E-state index < -0.39 is 0 Å². The van der Waals surface area contributed by atoms with Crippen molar-refractivity contribution < 1.29 is 0 Å². The van der Waals surface area contributed by atoms with Gasteiger partial charge in [0.05, 0.1) is 17.3 Å². The van der Waals surface area contributed by atoms with Crippen LogP contribution in [0.3, 0.4) is 0 Å². The molecular weight excluding hydrogens is 282 g/mol. The van der Waals surface area contributed by atoms with Crippen LogP contribution in [-0.4, -0.2) is 18.1 Å². The van der Waals surface area contributed by atoms with Crippen molar-refractivity contribution in [2.75, 3.05) is 13.1 Å². The molecule has 23 heavy (non-hydrogen) atoms. The fourth-order valence-electron chi connectivity index (χ4n) is 3.71. The number of hydrogen-bond donors (Lipinski definition) is 1. The van der Waals surface area contributed by atoms with E-state index in [0.717, 1.165) is 50.0 Å². The second kappa shape index (κ2) is 5.98. The van der Waals surface area contributed by atoms with Gasteiger partial charge in [0.15, 0.2) is 0 Å². The molecule has 2 aromatic rings. The summed E-state index contributed by atoms with van der Waals surface area (Å²) in [5.74, 6) is 0. The first kappa shape index (κ1) is 14.2. The van der Waals surface area contributed by atoms with Crippen molar-refractivity contribution >= 4 is 5.57 Å². The molecule has 1 aliphatic heterocycles. The first-order valence-corrected chi connectivity index (χ1v) is 8.27. The molecule has 0 radical (unpaired) electrons. The third-order valence-electron chi connectivity index (χ3n) is 4.86. The van der Waals surface area contributed by atoms with Gasteiger partial charge in [0.1, 0.15) is 0 Å². The first-order chi connectivity index (χ1) is 11.4. The molecular formula is C20H19N3. The second-order valence-corrected chi connectivity index (χ2v) is 6.22. The van der Waals surface area contributed by atoms with Crippen LogP contribution in [-0.2, 0) is 12.8 Å². The van der Waals surface area contributed by atoms with Gasteiger partial charge < -0.3 is 5.32 Å². The molecule has 0 atom stereocenters. The summed E-state index contributed by atoms with van der Waals surface area (Å²) in [5.41, 5.74) is 8.59. The van der Waals surface area contributed by atoms with Crippen molar-refractivity contribution in [3.8, 4) is 6.07 Å². The fourth-order valence-corrected chi connectivity index (χ4v) is 3.71. The molecule has 2 heterocycles. The molecule has 0 bridgehead atoms. The van der Waals surface area contributed by atoms with Gasteiger partial charge in [-0.25, -0.2) is 0 Å². The Labute approximate surface area is 136 Å². The lowest BCUT2D eigenvalue weighted by molar-refractivity contribution is 0.611. The van der Waals surface area contributed by atoms with E-state index in [9.17, 15) is 5.26 Å². The minimum absolute atomic E-state index is 0.748. The molecule has 0 amide bonds. The van der Waals surface area contributed by atoms with Crippen LogP contribution >= 0.6 is 0 Å². The highest BCUT2D eigenvalue weighted by atomic mass is 14.9. The van der Waals surface area contributed by atoms with Crippen LogP contribution in [0.25, 0.3) is 5.57 Å². The molecule has 0 saturated carbocycles. The van der Waals surface area contributed by atoms with Crippen molar-refractivity contribution in [3.63, 3.8) is 0 Å². The van der Waals surface area contributed by atoms with E-state index in [0.29, 0.717) is 0 Å². The zero-order valence-electron chi connectivity index (χ0n) is 13.1. The van der Waals surface area contributed by atoms with E-state index in [4.69, 9.17) is 4.98 Å². The highest BCUT2D eigenvalue weighted by molar-refractivity contribution is 5.84. The van der Waals surface area contributed by atoms with E-state index in [1.165, 1.54) is 27.8 Å². The number of benzene rings is 1. The van der Waals surface area contributed by atoms with Gasteiger partial charge in [-0.15, -0.1) is 0 Å². The Bertz CT molecular complexity index is 819. The lowest BCUT2D eigenvalue weighted by atomic mass is 9.88. The number of fused-ring (bicyclic) bond motifs is 2. The number of nitrogens with zero attached hydrogens (tertiary/aromatic N) is 2. The molecule has 1 aromatic carbocycles. The average Bonchev–Trinajstić information content (AvgIpc) is 2.78. The predicted octanol–water partition coefficient (Wildman–Crippen LogP) is 3.24. The molecule has 3 heteroatoms. The Morgan fingerprint density at radius 2 is 1.83 bits per heavy atom. The van der Waals surface area contributed by atoms with Crippen molar-refractivity contribution in [1.82, 2.24) is 10.3 Å². The van der Waals surface area contributed by atoms with Crippen LogP contribution < -0.4 is 5.32 Å². The summed E-state index contributed by atoms with van der Waals surface area (Å²) in [6.07, 6.45) is 6.00. The largest absolute Gasteiger partial charge is 0.316 e. The number of hydrogen-bond acceptors (Lipinski definition) is 3. The maximum atomic E-state index is 9.22. The van der Waals surface area contributed by atoms with Crippen LogP contribution in [0.4, 0.5) is 0 Å². The van der Waals surface area contributed by atoms with Crippen LogP contribution in [0.5, 0.6) is 0 Å². The molecule has 1 aromatic heterocycles. The molecule has 1 aliphatic carbocycles. The topological polar surface area (TPSA) is 48.7 Å². The molecule has 1 saturated heterocycles. The maximum absolute atomic E-state index is 9.22. The minimum atomic E-state index is 0.748. The number of nitrogens with one attached hydrogen (secondary N) is 1. The Balaban J connectivity index is 1.97. The van der Waals surface area contributed by atoms with Gasteiger partial charge in [-0.05, 0) is 73.7 Å². The quantitative estimate of drug-likeness (QED) is 0.812. The highest BCUT2D eigenvalue weighted by Crippen LogP contribution is 2.37. The van der Waals surface area contributed by atoms with E-state index in [2.05, 4.69) is 29.6 Å².